The van der Waals surface area contributed by atoms with Crippen molar-refractivity contribution in [3.8, 4) is 28.8 Å². The first-order chi connectivity index (χ1) is 17.9. The lowest BCUT2D eigenvalue weighted by Crippen LogP contribution is -2.20. The molecule has 0 bridgehead atoms. The minimum atomic E-state index is -3.14. The van der Waals surface area contributed by atoms with Crippen LogP contribution >= 0.6 is 0 Å². The van der Waals surface area contributed by atoms with Gasteiger partial charge in [0.2, 0.25) is 5.95 Å². The van der Waals surface area contributed by atoms with E-state index in [2.05, 4.69) is 36.8 Å². The Labute approximate surface area is 212 Å². The number of sulfone groups is 1. The van der Waals surface area contributed by atoms with E-state index in [0.717, 1.165) is 24.1 Å². The van der Waals surface area contributed by atoms with E-state index in [1.54, 1.807) is 17.1 Å². The van der Waals surface area contributed by atoms with Crippen LogP contribution in [0.1, 0.15) is 18.4 Å². The number of H-pyrrole nitrogens is 1. The van der Waals surface area contributed by atoms with Crippen LogP contribution in [0.2, 0.25) is 0 Å². The third-order valence-electron chi connectivity index (χ3n) is 6.39. The highest BCUT2D eigenvalue weighted by atomic mass is 32.2. The summed E-state index contributed by atoms with van der Waals surface area (Å²) >= 11 is 0. The molecule has 13 heteroatoms. The fraction of sp³-hybridized carbons (Fsp3) is 0.333. The second kappa shape index (κ2) is 8.97. The number of nitrogens with zero attached hydrogens (tertiary/aromatic N) is 5. The molecule has 0 saturated heterocycles. The summed E-state index contributed by atoms with van der Waals surface area (Å²) in [5.74, 6) is 1.73. The molecule has 3 aromatic heterocycles. The van der Waals surface area contributed by atoms with E-state index >= 15 is 0 Å². The maximum absolute atomic E-state index is 12.3. The molecule has 3 N–H and O–H groups in total. The van der Waals surface area contributed by atoms with Crippen molar-refractivity contribution in [2.24, 2.45) is 7.05 Å². The van der Waals surface area contributed by atoms with Crippen molar-refractivity contribution in [3.05, 3.63) is 36.2 Å². The monoisotopic (exact) mass is 520 g/mol. The summed E-state index contributed by atoms with van der Waals surface area (Å²) in [6, 6.07) is 7.79. The van der Waals surface area contributed by atoms with Gasteiger partial charge in [0.05, 0.1) is 33.3 Å². The summed E-state index contributed by atoms with van der Waals surface area (Å²) in [6.45, 7) is 0.980. The summed E-state index contributed by atoms with van der Waals surface area (Å²) in [5, 5.41) is 20.4. The Morgan fingerprint density at radius 3 is 2.73 bits per heavy atom. The molecule has 1 aliphatic carbocycles. The fourth-order valence-electron chi connectivity index (χ4n) is 4.41. The van der Waals surface area contributed by atoms with E-state index in [1.165, 1.54) is 0 Å². The zero-order valence-electron chi connectivity index (χ0n) is 20.0. The largest absolute Gasteiger partial charge is 0.485 e. The summed E-state index contributed by atoms with van der Waals surface area (Å²) < 4.78 is 38.4. The number of rotatable bonds is 8. The quantitative estimate of drug-likeness (QED) is 0.315. The van der Waals surface area contributed by atoms with E-state index in [0.29, 0.717) is 52.8 Å². The van der Waals surface area contributed by atoms with Crippen molar-refractivity contribution in [1.29, 1.82) is 5.26 Å². The number of aromatic amines is 1. The predicted octanol–water partition coefficient (Wildman–Crippen LogP) is 2.73. The third-order valence-corrected chi connectivity index (χ3v) is 8.66. The van der Waals surface area contributed by atoms with Crippen LogP contribution in [0.3, 0.4) is 0 Å². The van der Waals surface area contributed by atoms with Crippen LogP contribution in [-0.2, 0) is 16.9 Å². The molecule has 0 unspecified atom stereocenters. The van der Waals surface area contributed by atoms with Gasteiger partial charge in [-0.1, -0.05) is 0 Å². The molecule has 0 radical (unpaired) electrons. The molecule has 1 aromatic carbocycles. The first-order valence-electron chi connectivity index (χ1n) is 11.9. The minimum absolute atomic E-state index is 0.00754. The maximum atomic E-state index is 12.3. The number of aryl methyl sites for hydroxylation is 1. The van der Waals surface area contributed by atoms with Crippen LogP contribution in [0.15, 0.2) is 30.6 Å². The van der Waals surface area contributed by atoms with E-state index in [1.807, 2.05) is 25.2 Å². The van der Waals surface area contributed by atoms with Crippen molar-refractivity contribution >= 4 is 38.3 Å². The molecule has 0 spiro atoms. The summed E-state index contributed by atoms with van der Waals surface area (Å²) in [6.07, 6.45) is 4.72. The maximum Gasteiger partial charge on any atom is 0.231 e. The van der Waals surface area contributed by atoms with Gasteiger partial charge in [-0.15, -0.1) is 0 Å². The number of benzene rings is 1. The van der Waals surface area contributed by atoms with E-state index in [-0.39, 0.29) is 23.5 Å². The molecular weight excluding hydrogens is 496 g/mol. The number of ether oxygens (including phenoxy) is 2. The fourth-order valence-corrected chi connectivity index (χ4v) is 5.98. The van der Waals surface area contributed by atoms with Gasteiger partial charge in [-0.25, -0.2) is 8.42 Å². The molecule has 1 saturated carbocycles. The molecular formula is C24H24N8O4S. The first kappa shape index (κ1) is 23.1. The lowest BCUT2D eigenvalue weighted by atomic mass is 10.1. The molecule has 37 heavy (non-hydrogen) atoms. The molecule has 6 rings (SSSR count). The highest BCUT2D eigenvalue weighted by Gasteiger charge is 2.35. The molecule has 4 aromatic rings. The van der Waals surface area contributed by atoms with Crippen molar-refractivity contribution in [2.45, 2.75) is 18.1 Å². The molecule has 0 amide bonds. The van der Waals surface area contributed by atoms with E-state index in [9.17, 15) is 13.7 Å². The Kier molecular flexibility index (Phi) is 5.60. The van der Waals surface area contributed by atoms with Crippen molar-refractivity contribution in [3.63, 3.8) is 0 Å². The SMILES string of the molecule is Cn1nccc1-c1ccc(Nc2nc(NCCS(=O)(=O)C3CC3)c3c(C#N)c[nH]c3n2)c2c1OCCO2. The number of anilines is 3. The van der Waals surface area contributed by atoms with Gasteiger partial charge in [0, 0.05) is 31.5 Å². The third kappa shape index (κ3) is 4.29. The normalized spacial score (nSPS) is 14.9. The topological polar surface area (TPSA) is 160 Å². The van der Waals surface area contributed by atoms with Gasteiger partial charge >= 0.3 is 0 Å². The Morgan fingerprint density at radius 1 is 1.19 bits per heavy atom. The minimum Gasteiger partial charge on any atom is -0.485 e. The highest BCUT2D eigenvalue weighted by molar-refractivity contribution is 7.92. The molecule has 1 aliphatic heterocycles. The Balaban J connectivity index is 1.34. The van der Waals surface area contributed by atoms with Gasteiger partial charge < -0.3 is 25.1 Å². The Hall–Kier alpha value is -4.31. The van der Waals surface area contributed by atoms with Crippen molar-refractivity contribution in [2.75, 3.05) is 36.1 Å². The van der Waals surface area contributed by atoms with Crippen LogP contribution in [0.4, 0.5) is 17.5 Å². The average Bonchev–Trinajstić information content (AvgIpc) is 3.56. The lowest BCUT2D eigenvalue weighted by molar-refractivity contribution is 0.173. The number of fused-ring (bicyclic) bond motifs is 2. The van der Waals surface area contributed by atoms with Gasteiger partial charge in [0.15, 0.2) is 21.3 Å². The number of nitrogens with one attached hydrogen (secondary N) is 3. The van der Waals surface area contributed by atoms with Crippen LogP contribution in [0.25, 0.3) is 22.3 Å². The second-order valence-corrected chi connectivity index (χ2v) is 11.3. The lowest BCUT2D eigenvalue weighted by Gasteiger charge is -2.24. The van der Waals surface area contributed by atoms with Gasteiger partial charge in [-0.05, 0) is 31.0 Å². The molecule has 2 aliphatic rings. The molecule has 1 fully saturated rings. The van der Waals surface area contributed by atoms with Crippen LogP contribution in [0.5, 0.6) is 11.5 Å². The number of hydrogen-bond donors (Lipinski definition) is 3. The zero-order valence-corrected chi connectivity index (χ0v) is 20.8. The predicted molar refractivity (Wildman–Crippen MR) is 137 cm³/mol. The van der Waals surface area contributed by atoms with Gasteiger partial charge in [-0.2, -0.15) is 20.3 Å². The number of aromatic nitrogens is 5. The first-order valence-corrected chi connectivity index (χ1v) is 13.6. The van der Waals surface area contributed by atoms with Gasteiger partial charge in [0.1, 0.15) is 30.7 Å². The smallest absolute Gasteiger partial charge is 0.231 e. The van der Waals surface area contributed by atoms with E-state index in [4.69, 9.17) is 9.47 Å². The van der Waals surface area contributed by atoms with Gasteiger partial charge in [0.25, 0.3) is 0 Å². The Bertz CT molecular complexity index is 1650. The second-order valence-electron chi connectivity index (χ2n) is 8.91. The Morgan fingerprint density at radius 2 is 2.00 bits per heavy atom. The van der Waals surface area contributed by atoms with Crippen LogP contribution < -0.4 is 20.1 Å². The van der Waals surface area contributed by atoms with Crippen LogP contribution in [0, 0.1) is 11.3 Å². The van der Waals surface area contributed by atoms with Crippen molar-refractivity contribution in [1.82, 2.24) is 24.7 Å². The summed E-state index contributed by atoms with van der Waals surface area (Å²) in [4.78, 5) is 12.1. The zero-order chi connectivity index (χ0) is 25.6. The summed E-state index contributed by atoms with van der Waals surface area (Å²) in [5.41, 5.74) is 3.14. The summed E-state index contributed by atoms with van der Waals surface area (Å²) in [7, 11) is -1.28. The highest BCUT2D eigenvalue weighted by Crippen LogP contribution is 2.45. The van der Waals surface area contributed by atoms with Crippen LogP contribution in [-0.4, -0.2) is 63.9 Å². The number of hydrogen-bond acceptors (Lipinski definition) is 10. The molecule has 4 heterocycles. The molecule has 12 nitrogen and oxygen atoms in total. The van der Waals surface area contributed by atoms with Gasteiger partial charge in [-0.3, -0.25) is 4.68 Å². The molecule has 190 valence electrons. The van der Waals surface area contributed by atoms with Crippen molar-refractivity contribution < 1.29 is 17.9 Å². The number of nitriles is 1. The van der Waals surface area contributed by atoms with E-state index < -0.39 is 9.84 Å². The molecule has 0 atom stereocenters. The standard InChI is InChI=1S/C24H24N8O4S/c1-32-18(6-7-28-32)16-4-5-17(21-20(16)35-9-10-36-21)29-24-30-22(19-14(12-25)13-27-23(19)31-24)26-8-11-37(33,34)15-2-3-15/h4-7,13,15H,2-3,8-11H2,1H3,(H3,26,27,29,30,31). The average molecular weight is 521 g/mol.